The van der Waals surface area contributed by atoms with E-state index in [0.29, 0.717) is 11.4 Å². The molecule has 20 heavy (non-hydrogen) atoms. The molecule has 1 amide bonds. The number of rotatable bonds is 4. The molecular formula is C15H12N2O3. The third-order valence-corrected chi connectivity index (χ3v) is 2.72. The number of nitrogens with zero attached hydrogens (tertiary/aromatic N) is 1. The highest BCUT2D eigenvalue weighted by molar-refractivity contribution is 5.82. The molecule has 2 aromatic rings. The molecule has 0 aliphatic rings. The van der Waals surface area contributed by atoms with E-state index in [4.69, 9.17) is 5.11 Å². The average Bonchev–Trinajstić information content (AvgIpc) is 2.43. The molecule has 0 saturated carbocycles. The lowest BCUT2D eigenvalue weighted by Crippen LogP contribution is -2.06. The fourth-order valence-electron chi connectivity index (χ4n) is 1.81. The van der Waals surface area contributed by atoms with Gasteiger partial charge in [-0.1, -0.05) is 24.3 Å². The predicted molar refractivity (Wildman–Crippen MR) is 75.1 cm³/mol. The summed E-state index contributed by atoms with van der Waals surface area (Å²) < 4.78 is 0. The molecule has 2 rings (SSSR count). The summed E-state index contributed by atoms with van der Waals surface area (Å²) in [5.74, 6) is 0. The van der Waals surface area contributed by atoms with E-state index in [1.165, 1.54) is 6.08 Å². The first-order valence-electron chi connectivity index (χ1n) is 5.93. The molecule has 5 heteroatoms. The molecule has 0 spiro atoms. The van der Waals surface area contributed by atoms with Crippen molar-refractivity contribution < 1.29 is 14.7 Å². The Hall–Kier alpha value is -2.91. The van der Waals surface area contributed by atoms with E-state index in [2.05, 4.69) is 10.3 Å². The summed E-state index contributed by atoms with van der Waals surface area (Å²) in [6.45, 7) is 0. The highest BCUT2D eigenvalue weighted by Crippen LogP contribution is 2.17. The Labute approximate surface area is 115 Å². The van der Waals surface area contributed by atoms with E-state index in [1.807, 2.05) is 24.3 Å². The van der Waals surface area contributed by atoms with E-state index in [-0.39, 0.29) is 0 Å². The fraction of sp³-hybridized carbons (Fsp3) is 0.0667. The zero-order valence-corrected chi connectivity index (χ0v) is 10.5. The number of carbonyl (C=O) groups is 1. The average molecular weight is 268 g/mol. The van der Waals surface area contributed by atoms with Crippen LogP contribution in [0.2, 0.25) is 0 Å². The Morgan fingerprint density at radius 3 is 2.10 bits per heavy atom. The topological polar surface area (TPSA) is 78.8 Å². The maximum absolute atomic E-state index is 10.5. The van der Waals surface area contributed by atoms with Gasteiger partial charge in [-0.25, -0.2) is 9.59 Å². The Balaban J connectivity index is 2.05. The van der Waals surface area contributed by atoms with Gasteiger partial charge in [0.1, 0.15) is 0 Å². The first-order valence-corrected chi connectivity index (χ1v) is 5.93. The van der Waals surface area contributed by atoms with Crippen LogP contribution in [0.25, 0.3) is 0 Å². The predicted octanol–water partition coefficient (Wildman–Crippen LogP) is 3.33. The van der Waals surface area contributed by atoms with Gasteiger partial charge in [-0.05, 0) is 41.8 Å². The SMILES string of the molecule is O=C=Nc1ccc(Cc2ccc(NC(=O)O)cc2)cc1. The minimum Gasteiger partial charge on any atom is -0.465 e. The van der Waals surface area contributed by atoms with Gasteiger partial charge in [0.2, 0.25) is 6.08 Å². The van der Waals surface area contributed by atoms with Gasteiger partial charge in [0.25, 0.3) is 0 Å². The van der Waals surface area contributed by atoms with Gasteiger partial charge < -0.3 is 5.11 Å². The van der Waals surface area contributed by atoms with Crippen LogP contribution in [-0.2, 0) is 11.2 Å². The van der Waals surface area contributed by atoms with Gasteiger partial charge in [-0.15, -0.1) is 0 Å². The van der Waals surface area contributed by atoms with Crippen LogP contribution in [0, 0.1) is 0 Å². The number of amides is 1. The Morgan fingerprint density at radius 2 is 1.60 bits per heavy atom. The van der Waals surface area contributed by atoms with Gasteiger partial charge in [0, 0.05) is 5.69 Å². The quantitative estimate of drug-likeness (QED) is 0.659. The van der Waals surface area contributed by atoms with Gasteiger partial charge in [-0.3, -0.25) is 5.32 Å². The summed E-state index contributed by atoms with van der Waals surface area (Å²) in [5.41, 5.74) is 3.25. The van der Waals surface area contributed by atoms with Crippen molar-refractivity contribution >= 4 is 23.5 Å². The van der Waals surface area contributed by atoms with Crippen LogP contribution < -0.4 is 5.32 Å². The van der Waals surface area contributed by atoms with Crippen molar-refractivity contribution in [1.82, 2.24) is 0 Å². The minimum atomic E-state index is -1.08. The summed E-state index contributed by atoms with van der Waals surface area (Å²) in [5, 5.41) is 10.9. The lowest BCUT2D eigenvalue weighted by atomic mass is 10.0. The van der Waals surface area contributed by atoms with Crippen molar-refractivity contribution in [2.24, 2.45) is 4.99 Å². The van der Waals surface area contributed by atoms with E-state index in [0.717, 1.165) is 17.5 Å². The summed E-state index contributed by atoms with van der Waals surface area (Å²) in [6, 6.07) is 14.4. The largest absolute Gasteiger partial charge is 0.465 e. The van der Waals surface area contributed by atoms with Gasteiger partial charge in [0.15, 0.2) is 0 Å². The summed E-state index contributed by atoms with van der Waals surface area (Å²) in [7, 11) is 0. The number of benzene rings is 2. The van der Waals surface area contributed by atoms with Crippen molar-refractivity contribution in [1.29, 1.82) is 0 Å². The lowest BCUT2D eigenvalue weighted by molar-refractivity contribution is 0.210. The molecule has 2 aromatic carbocycles. The number of carboxylic acid groups (broad SMARTS) is 1. The summed E-state index contributed by atoms with van der Waals surface area (Å²) in [4.78, 5) is 24.1. The molecule has 0 fully saturated rings. The molecule has 0 radical (unpaired) electrons. The summed E-state index contributed by atoms with van der Waals surface area (Å²) >= 11 is 0. The van der Waals surface area contributed by atoms with Crippen molar-refractivity contribution in [2.45, 2.75) is 6.42 Å². The van der Waals surface area contributed by atoms with E-state index >= 15 is 0 Å². The first-order chi connectivity index (χ1) is 9.67. The fourth-order valence-corrected chi connectivity index (χ4v) is 1.81. The van der Waals surface area contributed by atoms with E-state index < -0.39 is 6.09 Å². The minimum absolute atomic E-state index is 0.539. The maximum atomic E-state index is 10.5. The standard InChI is InChI=1S/C15H12N2O3/c18-10-16-13-5-1-11(2-6-13)9-12-3-7-14(8-4-12)17-15(19)20/h1-8,17H,9H2,(H,19,20). The van der Waals surface area contributed by atoms with Crippen LogP contribution in [0.5, 0.6) is 0 Å². The number of isocyanates is 1. The number of nitrogens with one attached hydrogen (secondary N) is 1. The molecule has 0 aliphatic heterocycles. The number of aliphatic imine (C=N–C) groups is 1. The van der Waals surface area contributed by atoms with Gasteiger partial charge in [-0.2, -0.15) is 4.99 Å². The monoisotopic (exact) mass is 268 g/mol. The molecule has 0 bridgehead atoms. The molecule has 0 atom stereocenters. The van der Waals surface area contributed by atoms with Crippen molar-refractivity contribution in [3.8, 4) is 0 Å². The van der Waals surface area contributed by atoms with Crippen LogP contribution in [-0.4, -0.2) is 17.3 Å². The second-order valence-electron chi connectivity index (χ2n) is 4.17. The molecular weight excluding hydrogens is 256 g/mol. The third-order valence-electron chi connectivity index (χ3n) is 2.72. The molecule has 0 aliphatic carbocycles. The molecule has 0 unspecified atom stereocenters. The van der Waals surface area contributed by atoms with E-state index in [9.17, 15) is 9.59 Å². The number of hydrogen-bond acceptors (Lipinski definition) is 3. The van der Waals surface area contributed by atoms with Crippen LogP contribution in [0.1, 0.15) is 11.1 Å². The Kier molecular flexibility index (Phi) is 4.27. The third kappa shape index (κ3) is 3.80. The van der Waals surface area contributed by atoms with Crippen molar-refractivity contribution in [2.75, 3.05) is 5.32 Å². The highest BCUT2D eigenvalue weighted by Gasteiger charge is 2.00. The van der Waals surface area contributed by atoms with Crippen molar-refractivity contribution in [3.05, 3.63) is 59.7 Å². The second kappa shape index (κ2) is 6.31. The normalized spacial score (nSPS) is 9.60. The molecule has 100 valence electrons. The van der Waals surface area contributed by atoms with Crippen LogP contribution in [0.15, 0.2) is 53.5 Å². The molecule has 2 N–H and O–H groups in total. The van der Waals surface area contributed by atoms with Crippen LogP contribution >= 0.6 is 0 Å². The Morgan fingerprint density at radius 1 is 1.05 bits per heavy atom. The maximum Gasteiger partial charge on any atom is 0.409 e. The Bertz CT molecular complexity index is 642. The lowest BCUT2D eigenvalue weighted by Gasteiger charge is -2.04. The zero-order chi connectivity index (χ0) is 14.4. The molecule has 0 saturated heterocycles. The van der Waals surface area contributed by atoms with E-state index in [1.54, 1.807) is 24.3 Å². The smallest absolute Gasteiger partial charge is 0.409 e. The summed E-state index contributed by atoms with van der Waals surface area (Å²) in [6.07, 6.45) is 1.14. The second-order valence-corrected chi connectivity index (χ2v) is 4.17. The highest BCUT2D eigenvalue weighted by atomic mass is 16.4. The molecule has 5 nitrogen and oxygen atoms in total. The first kappa shape index (κ1) is 13.5. The molecule has 0 aromatic heterocycles. The number of carbonyl (C=O) groups excluding carboxylic acids is 1. The zero-order valence-electron chi connectivity index (χ0n) is 10.5. The number of anilines is 1. The van der Waals surface area contributed by atoms with Crippen LogP contribution in [0.3, 0.4) is 0 Å². The number of hydrogen-bond donors (Lipinski definition) is 2. The molecule has 0 heterocycles. The van der Waals surface area contributed by atoms with Gasteiger partial charge >= 0.3 is 6.09 Å². The van der Waals surface area contributed by atoms with Gasteiger partial charge in [0.05, 0.1) is 5.69 Å². The van der Waals surface area contributed by atoms with Crippen LogP contribution in [0.4, 0.5) is 16.2 Å². The van der Waals surface area contributed by atoms with Crippen molar-refractivity contribution in [3.63, 3.8) is 0 Å².